The van der Waals surface area contributed by atoms with Crippen LogP contribution in [0.15, 0.2) is 24.3 Å². The van der Waals surface area contributed by atoms with Gasteiger partial charge in [0.05, 0.1) is 6.04 Å². The molecule has 1 aromatic rings. The Morgan fingerprint density at radius 2 is 2.11 bits per heavy atom. The van der Waals surface area contributed by atoms with Crippen molar-refractivity contribution in [3.63, 3.8) is 0 Å². The fraction of sp³-hybridized carbons (Fsp3) is 0.500. The third-order valence-electron chi connectivity index (χ3n) is 2.93. The predicted octanol–water partition coefficient (Wildman–Crippen LogP) is 2.30. The van der Waals surface area contributed by atoms with Crippen molar-refractivity contribution in [2.24, 2.45) is 5.73 Å². The first-order chi connectivity index (χ1) is 8.56. The van der Waals surface area contributed by atoms with Gasteiger partial charge in [-0.3, -0.25) is 4.79 Å². The zero-order chi connectivity index (χ0) is 13.5. The first-order valence-corrected chi connectivity index (χ1v) is 6.30. The van der Waals surface area contributed by atoms with Gasteiger partial charge in [0.15, 0.2) is 0 Å². The zero-order valence-electron chi connectivity index (χ0n) is 11.0. The van der Waals surface area contributed by atoms with E-state index in [1.165, 1.54) is 11.0 Å². The van der Waals surface area contributed by atoms with Gasteiger partial charge < -0.3 is 10.6 Å². The standard InChI is InChI=1S/C14H21FN2O/c1-3-4-9-13(16)14(18)17(2)10-11-7-5-6-8-12(11)15/h5-8,13H,3-4,9-10,16H2,1-2H3. The van der Waals surface area contributed by atoms with Crippen LogP contribution in [0, 0.1) is 5.82 Å². The summed E-state index contributed by atoms with van der Waals surface area (Å²) in [5, 5.41) is 0. The SMILES string of the molecule is CCCCC(N)C(=O)N(C)Cc1ccccc1F. The Morgan fingerprint density at radius 1 is 1.44 bits per heavy atom. The summed E-state index contributed by atoms with van der Waals surface area (Å²) in [5.41, 5.74) is 6.32. The van der Waals surface area contributed by atoms with Crippen molar-refractivity contribution in [1.29, 1.82) is 0 Å². The lowest BCUT2D eigenvalue weighted by Gasteiger charge is -2.21. The van der Waals surface area contributed by atoms with Crippen LogP contribution in [0.25, 0.3) is 0 Å². The highest BCUT2D eigenvalue weighted by atomic mass is 19.1. The number of halogens is 1. The van der Waals surface area contributed by atoms with Crippen LogP contribution in [0.4, 0.5) is 4.39 Å². The van der Waals surface area contributed by atoms with E-state index in [0.29, 0.717) is 12.0 Å². The average molecular weight is 252 g/mol. The van der Waals surface area contributed by atoms with Crippen LogP contribution in [0.2, 0.25) is 0 Å². The van der Waals surface area contributed by atoms with Crippen molar-refractivity contribution in [2.45, 2.75) is 38.8 Å². The van der Waals surface area contributed by atoms with Crippen molar-refractivity contribution in [2.75, 3.05) is 7.05 Å². The molecular formula is C14H21FN2O. The van der Waals surface area contributed by atoms with E-state index in [0.717, 1.165) is 12.8 Å². The molecule has 3 nitrogen and oxygen atoms in total. The fourth-order valence-corrected chi connectivity index (χ4v) is 1.79. The van der Waals surface area contributed by atoms with Gasteiger partial charge in [0.1, 0.15) is 5.82 Å². The Hall–Kier alpha value is -1.42. The van der Waals surface area contributed by atoms with E-state index in [1.807, 2.05) is 0 Å². The summed E-state index contributed by atoms with van der Waals surface area (Å²) < 4.78 is 13.4. The second kappa shape index (κ2) is 7.11. The number of unbranched alkanes of at least 4 members (excludes halogenated alkanes) is 1. The smallest absolute Gasteiger partial charge is 0.239 e. The van der Waals surface area contributed by atoms with Gasteiger partial charge in [-0.05, 0) is 12.5 Å². The average Bonchev–Trinajstić information content (AvgIpc) is 2.37. The highest BCUT2D eigenvalue weighted by Gasteiger charge is 2.18. The first-order valence-electron chi connectivity index (χ1n) is 6.30. The van der Waals surface area contributed by atoms with Gasteiger partial charge in [0.25, 0.3) is 0 Å². The van der Waals surface area contributed by atoms with E-state index < -0.39 is 6.04 Å². The minimum absolute atomic E-state index is 0.133. The summed E-state index contributed by atoms with van der Waals surface area (Å²) >= 11 is 0. The Balaban J connectivity index is 2.57. The molecule has 1 rings (SSSR count). The molecule has 1 atom stereocenters. The summed E-state index contributed by atoms with van der Waals surface area (Å²) in [6.45, 7) is 2.31. The summed E-state index contributed by atoms with van der Waals surface area (Å²) in [4.78, 5) is 13.4. The molecule has 0 saturated carbocycles. The number of carbonyl (C=O) groups is 1. The van der Waals surface area contributed by atoms with E-state index in [2.05, 4.69) is 6.92 Å². The number of likely N-dealkylation sites (N-methyl/N-ethyl adjacent to an activating group) is 1. The molecule has 0 spiro atoms. The van der Waals surface area contributed by atoms with Crippen LogP contribution in [0.5, 0.6) is 0 Å². The Morgan fingerprint density at radius 3 is 2.72 bits per heavy atom. The van der Waals surface area contributed by atoms with Crippen LogP contribution in [-0.2, 0) is 11.3 Å². The summed E-state index contributed by atoms with van der Waals surface area (Å²) in [6.07, 6.45) is 2.62. The molecule has 4 heteroatoms. The van der Waals surface area contributed by atoms with Gasteiger partial charge in [0, 0.05) is 19.2 Å². The molecule has 2 N–H and O–H groups in total. The maximum absolute atomic E-state index is 13.4. The molecule has 0 heterocycles. The van der Waals surface area contributed by atoms with E-state index in [1.54, 1.807) is 25.2 Å². The van der Waals surface area contributed by atoms with Crippen molar-refractivity contribution in [3.05, 3.63) is 35.6 Å². The largest absolute Gasteiger partial charge is 0.340 e. The van der Waals surface area contributed by atoms with Crippen molar-refractivity contribution < 1.29 is 9.18 Å². The van der Waals surface area contributed by atoms with Crippen molar-refractivity contribution in [3.8, 4) is 0 Å². The van der Waals surface area contributed by atoms with E-state index in [-0.39, 0.29) is 18.3 Å². The van der Waals surface area contributed by atoms with Crippen molar-refractivity contribution in [1.82, 2.24) is 4.90 Å². The summed E-state index contributed by atoms with van der Waals surface area (Å²) in [5.74, 6) is -0.425. The maximum Gasteiger partial charge on any atom is 0.239 e. The number of amides is 1. The normalized spacial score (nSPS) is 12.2. The molecule has 1 unspecified atom stereocenters. The molecule has 0 aromatic heterocycles. The third kappa shape index (κ3) is 4.11. The van der Waals surface area contributed by atoms with E-state index in [4.69, 9.17) is 5.73 Å². The minimum Gasteiger partial charge on any atom is -0.340 e. The Kier molecular flexibility index (Phi) is 5.78. The molecule has 100 valence electrons. The fourth-order valence-electron chi connectivity index (χ4n) is 1.79. The lowest BCUT2D eigenvalue weighted by atomic mass is 10.1. The van der Waals surface area contributed by atoms with E-state index >= 15 is 0 Å². The van der Waals surface area contributed by atoms with Gasteiger partial charge in [-0.2, -0.15) is 0 Å². The van der Waals surface area contributed by atoms with Gasteiger partial charge >= 0.3 is 0 Å². The lowest BCUT2D eigenvalue weighted by molar-refractivity contribution is -0.132. The number of benzene rings is 1. The van der Waals surface area contributed by atoms with Crippen LogP contribution < -0.4 is 5.73 Å². The van der Waals surface area contributed by atoms with Crippen molar-refractivity contribution >= 4 is 5.91 Å². The van der Waals surface area contributed by atoms with Crippen LogP contribution >= 0.6 is 0 Å². The zero-order valence-corrected chi connectivity index (χ0v) is 11.0. The minimum atomic E-state index is -0.485. The first kappa shape index (κ1) is 14.6. The maximum atomic E-state index is 13.4. The number of hydrogen-bond acceptors (Lipinski definition) is 2. The number of hydrogen-bond donors (Lipinski definition) is 1. The summed E-state index contributed by atoms with van der Waals surface area (Å²) in [6, 6.07) is 5.98. The molecule has 0 aliphatic rings. The van der Waals surface area contributed by atoms with Gasteiger partial charge in [0.2, 0.25) is 5.91 Å². The molecule has 18 heavy (non-hydrogen) atoms. The molecule has 1 aromatic carbocycles. The van der Waals surface area contributed by atoms with Crippen LogP contribution in [-0.4, -0.2) is 23.9 Å². The van der Waals surface area contributed by atoms with Crippen LogP contribution in [0.3, 0.4) is 0 Å². The van der Waals surface area contributed by atoms with Gasteiger partial charge in [-0.25, -0.2) is 4.39 Å². The third-order valence-corrected chi connectivity index (χ3v) is 2.93. The molecule has 0 radical (unpaired) electrons. The predicted molar refractivity (Wildman–Crippen MR) is 70.4 cm³/mol. The topological polar surface area (TPSA) is 46.3 Å². The molecule has 1 amide bonds. The molecule has 0 bridgehead atoms. The molecule has 0 aliphatic heterocycles. The van der Waals surface area contributed by atoms with Crippen LogP contribution in [0.1, 0.15) is 31.7 Å². The second-order valence-electron chi connectivity index (χ2n) is 4.53. The highest BCUT2D eigenvalue weighted by molar-refractivity contribution is 5.81. The van der Waals surface area contributed by atoms with E-state index in [9.17, 15) is 9.18 Å². The molecule has 0 saturated heterocycles. The van der Waals surface area contributed by atoms with Gasteiger partial charge in [-0.15, -0.1) is 0 Å². The number of nitrogens with two attached hydrogens (primary N) is 1. The number of carbonyl (C=O) groups excluding carboxylic acids is 1. The Bertz CT molecular complexity index is 395. The molecular weight excluding hydrogens is 231 g/mol. The monoisotopic (exact) mass is 252 g/mol. The van der Waals surface area contributed by atoms with Gasteiger partial charge in [-0.1, -0.05) is 38.0 Å². The summed E-state index contributed by atoms with van der Waals surface area (Å²) in [7, 11) is 1.65. The Labute approximate surface area is 108 Å². The quantitative estimate of drug-likeness (QED) is 0.844. The number of nitrogens with zero attached hydrogens (tertiary/aromatic N) is 1. The number of rotatable bonds is 6. The second-order valence-corrected chi connectivity index (χ2v) is 4.53. The molecule has 0 fully saturated rings. The highest BCUT2D eigenvalue weighted by Crippen LogP contribution is 2.10. The molecule has 0 aliphatic carbocycles. The lowest BCUT2D eigenvalue weighted by Crippen LogP contribution is -2.41.